The van der Waals surface area contributed by atoms with Gasteiger partial charge in [-0.3, -0.25) is 14.5 Å². The van der Waals surface area contributed by atoms with Gasteiger partial charge in [0.15, 0.2) is 5.43 Å². The van der Waals surface area contributed by atoms with Gasteiger partial charge in [-0.2, -0.15) is 0 Å². The highest BCUT2D eigenvalue weighted by atomic mass is 16.5. The first-order valence-corrected chi connectivity index (χ1v) is 12.9. The first kappa shape index (κ1) is 26.4. The highest BCUT2D eigenvalue weighted by Gasteiger charge is 2.31. The Hall–Kier alpha value is -2.68. The molecule has 2 fully saturated rings. The first-order chi connectivity index (χ1) is 17.2. The highest BCUT2D eigenvalue weighted by molar-refractivity contribution is 5.95. The summed E-state index contributed by atoms with van der Waals surface area (Å²) in [5, 5.41) is 3.12. The van der Waals surface area contributed by atoms with E-state index in [1.165, 1.54) is 0 Å². The molecule has 3 heterocycles. The molecule has 2 saturated heterocycles. The van der Waals surface area contributed by atoms with Crippen LogP contribution >= 0.6 is 0 Å². The van der Waals surface area contributed by atoms with E-state index in [0.29, 0.717) is 31.0 Å². The van der Waals surface area contributed by atoms with E-state index in [9.17, 15) is 9.59 Å². The molecule has 2 aliphatic heterocycles. The molecule has 4 rings (SSSR count). The number of benzene rings is 1. The molecule has 2 aliphatic rings. The van der Waals surface area contributed by atoms with E-state index in [4.69, 9.17) is 14.2 Å². The third-order valence-electron chi connectivity index (χ3n) is 7.03. The van der Waals surface area contributed by atoms with E-state index in [1.807, 2.05) is 52.0 Å². The van der Waals surface area contributed by atoms with Crippen LogP contribution in [0.5, 0.6) is 5.75 Å². The second-order valence-corrected chi connectivity index (χ2v) is 10.5. The Morgan fingerprint density at radius 1 is 1.11 bits per heavy atom. The Kier molecular flexibility index (Phi) is 8.49. The van der Waals surface area contributed by atoms with Crippen LogP contribution in [0.25, 0.3) is 0 Å². The van der Waals surface area contributed by atoms with Gasteiger partial charge in [-0.25, -0.2) is 0 Å². The quantitative estimate of drug-likeness (QED) is 0.604. The summed E-state index contributed by atoms with van der Waals surface area (Å²) in [6, 6.07) is 9.30. The fourth-order valence-electron chi connectivity index (χ4n) is 5.00. The summed E-state index contributed by atoms with van der Waals surface area (Å²) >= 11 is 0. The molecule has 0 saturated carbocycles. The number of ether oxygens (including phenoxy) is 3. The standard InChI is InChI=1S/C28H39N3O5/c1-20-5-7-23(8-6-20)35-19-24-26(27(33)29-22-9-14-36-28(3,4)18-22)25(32)17-21(2)31(24)11-10-30-12-15-34-16-13-30/h5-8,17,22H,9-16,18-19H2,1-4H3,(H,29,33)/t22-/m1/s1. The van der Waals surface area contributed by atoms with E-state index in [-0.39, 0.29) is 35.1 Å². The molecule has 36 heavy (non-hydrogen) atoms. The van der Waals surface area contributed by atoms with Crippen molar-refractivity contribution >= 4 is 5.91 Å². The van der Waals surface area contributed by atoms with Crippen molar-refractivity contribution in [2.75, 3.05) is 39.5 Å². The van der Waals surface area contributed by atoms with Gasteiger partial charge >= 0.3 is 0 Å². The molecule has 196 valence electrons. The summed E-state index contributed by atoms with van der Waals surface area (Å²) in [5.41, 5.74) is 2.15. The Bertz CT molecular complexity index is 1100. The number of morpholine rings is 1. The molecule has 8 nitrogen and oxygen atoms in total. The summed E-state index contributed by atoms with van der Waals surface area (Å²) in [7, 11) is 0. The normalized spacial score (nSPS) is 20.2. The zero-order valence-electron chi connectivity index (χ0n) is 22.0. The number of aryl methyl sites for hydroxylation is 2. The molecule has 0 unspecified atom stereocenters. The lowest BCUT2D eigenvalue weighted by Gasteiger charge is -2.36. The van der Waals surface area contributed by atoms with Gasteiger partial charge < -0.3 is 24.1 Å². The van der Waals surface area contributed by atoms with Crippen molar-refractivity contribution in [2.24, 2.45) is 0 Å². The maximum Gasteiger partial charge on any atom is 0.257 e. The molecule has 0 radical (unpaired) electrons. The van der Waals surface area contributed by atoms with Gasteiger partial charge in [0.25, 0.3) is 5.91 Å². The predicted molar refractivity (Wildman–Crippen MR) is 139 cm³/mol. The minimum atomic E-state index is -0.342. The largest absolute Gasteiger partial charge is 0.487 e. The van der Waals surface area contributed by atoms with Gasteiger partial charge in [0.2, 0.25) is 0 Å². The van der Waals surface area contributed by atoms with Gasteiger partial charge in [-0.15, -0.1) is 0 Å². The Morgan fingerprint density at radius 2 is 1.83 bits per heavy atom. The van der Waals surface area contributed by atoms with Crippen molar-refractivity contribution in [3.05, 3.63) is 63.1 Å². The Balaban J connectivity index is 1.62. The van der Waals surface area contributed by atoms with Crippen LogP contribution in [0.4, 0.5) is 0 Å². The molecule has 1 aromatic carbocycles. The van der Waals surface area contributed by atoms with Gasteiger partial charge in [0.05, 0.1) is 24.5 Å². The fourth-order valence-corrected chi connectivity index (χ4v) is 5.00. The fraction of sp³-hybridized carbons (Fsp3) is 0.571. The summed E-state index contributed by atoms with van der Waals surface area (Å²) in [6.45, 7) is 13.4. The number of carbonyl (C=O) groups is 1. The van der Waals surface area contributed by atoms with Crippen molar-refractivity contribution in [1.29, 1.82) is 0 Å². The SMILES string of the molecule is Cc1ccc(OCc2c(C(=O)N[C@@H]3CCOC(C)(C)C3)c(=O)cc(C)n2CCN2CCOCC2)cc1. The maximum atomic E-state index is 13.5. The van der Waals surface area contributed by atoms with E-state index >= 15 is 0 Å². The van der Waals surface area contributed by atoms with Crippen LogP contribution in [0.15, 0.2) is 35.1 Å². The van der Waals surface area contributed by atoms with Crippen molar-refractivity contribution in [1.82, 2.24) is 14.8 Å². The minimum absolute atomic E-state index is 0.0466. The molecule has 1 amide bonds. The lowest BCUT2D eigenvalue weighted by atomic mass is 9.93. The number of pyridine rings is 1. The average molecular weight is 498 g/mol. The molecular formula is C28H39N3O5. The van der Waals surface area contributed by atoms with Crippen molar-refractivity contribution in [2.45, 2.75) is 65.3 Å². The molecule has 1 aromatic heterocycles. The van der Waals surface area contributed by atoms with Crippen molar-refractivity contribution in [3.8, 4) is 5.75 Å². The number of rotatable bonds is 8. The highest BCUT2D eigenvalue weighted by Crippen LogP contribution is 2.24. The first-order valence-electron chi connectivity index (χ1n) is 12.9. The van der Waals surface area contributed by atoms with Crippen LogP contribution in [-0.4, -0.2) is 66.5 Å². The zero-order valence-corrected chi connectivity index (χ0v) is 22.0. The lowest BCUT2D eigenvalue weighted by Crippen LogP contribution is -2.47. The van der Waals surface area contributed by atoms with Crippen LogP contribution in [0.1, 0.15) is 54.0 Å². The Labute approximate surface area is 213 Å². The van der Waals surface area contributed by atoms with E-state index in [0.717, 1.165) is 50.5 Å². The monoisotopic (exact) mass is 497 g/mol. The lowest BCUT2D eigenvalue weighted by molar-refractivity contribution is -0.0615. The van der Waals surface area contributed by atoms with E-state index in [1.54, 1.807) is 6.07 Å². The zero-order chi connectivity index (χ0) is 25.7. The third kappa shape index (κ3) is 6.75. The van der Waals surface area contributed by atoms with Gasteiger partial charge in [0.1, 0.15) is 17.9 Å². The molecular weight excluding hydrogens is 458 g/mol. The van der Waals surface area contributed by atoms with Gasteiger partial charge in [0, 0.05) is 50.6 Å². The average Bonchev–Trinajstić information content (AvgIpc) is 2.83. The number of hydrogen-bond donors (Lipinski definition) is 1. The van der Waals surface area contributed by atoms with Gasteiger partial charge in [-0.05, 0) is 52.7 Å². The van der Waals surface area contributed by atoms with Crippen LogP contribution in [0.2, 0.25) is 0 Å². The Morgan fingerprint density at radius 3 is 2.53 bits per heavy atom. The molecule has 2 aromatic rings. The van der Waals surface area contributed by atoms with Crippen LogP contribution in [-0.2, 0) is 22.6 Å². The maximum absolute atomic E-state index is 13.5. The summed E-state index contributed by atoms with van der Waals surface area (Å²) < 4.78 is 19.4. The van der Waals surface area contributed by atoms with Crippen molar-refractivity contribution < 1.29 is 19.0 Å². The molecule has 0 aliphatic carbocycles. The topological polar surface area (TPSA) is 82.0 Å². The number of carbonyl (C=O) groups excluding carboxylic acids is 1. The molecule has 1 atom stereocenters. The molecule has 1 N–H and O–H groups in total. The minimum Gasteiger partial charge on any atom is -0.487 e. The molecule has 8 heteroatoms. The van der Waals surface area contributed by atoms with E-state index in [2.05, 4.69) is 14.8 Å². The van der Waals surface area contributed by atoms with Crippen LogP contribution in [0, 0.1) is 13.8 Å². The van der Waals surface area contributed by atoms with E-state index < -0.39 is 0 Å². The third-order valence-corrected chi connectivity index (χ3v) is 7.03. The predicted octanol–water partition coefficient (Wildman–Crippen LogP) is 3.06. The molecule has 0 bridgehead atoms. The van der Waals surface area contributed by atoms with Crippen LogP contribution in [0.3, 0.4) is 0 Å². The smallest absolute Gasteiger partial charge is 0.257 e. The number of aromatic nitrogens is 1. The second-order valence-electron chi connectivity index (χ2n) is 10.5. The number of nitrogens with one attached hydrogen (secondary N) is 1. The van der Waals surface area contributed by atoms with Crippen LogP contribution < -0.4 is 15.5 Å². The summed E-state index contributed by atoms with van der Waals surface area (Å²) in [4.78, 5) is 29.1. The second kappa shape index (κ2) is 11.6. The summed E-state index contributed by atoms with van der Waals surface area (Å²) in [5.74, 6) is 0.358. The van der Waals surface area contributed by atoms with Crippen molar-refractivity contribution in [3.63, 3.8) is 0 Å². The summed E-state index contributed by atoms with van der Waals surface area (Å²) in [6.07, 6.45) is 1.42. The number of hydrogen-bond acceptors (Lipinski definition) is 6. The number of amides is 1. The number of nitrogens with zero attached hydrogens (tertiary/aromatic N) is 2. The molecule has 0 spiro atoms. The van der Waals surface area contributed by atoms with Gasteiger partial charge in [-0.1, -0.05) is 17.7 Å².